The van der Waals surface area contributed by atoms with Crippen LogP contribution in [0.2, 0.25) is 0 Å². The first kappa shape index (κ1) is 23.8. The predicted molar refractivity (Wildman–Crippen MR) is 135 cm³/mol. The van der Waals surface area contributed by atoms with Crippen LogP contribution in [0.4, 0.5) is 0 Å². The maximum atomic E-state index is 12.8. The molecule has 1 atom stereocenters. The molecule has 1 heterocycles. The van der Waals surface area contributed by atoms with E-state index in [0.717, 1.165) is 55.1 Å². The van der Waals surface area contributed by atoms with Gasteiger partial charge in [-0.25, -0.2) is 0 Å². The van der Waals surface area contributed by atoms with Crippen LogP contribution in [0.3, 0.4) is 0 Å². The van der Waals surface area contributed by atoms with Crippen molar-refractivity contribution in [2.45, 2.75) is 39.0 Å². The topological polar surface area (TPSA) is 50.8 Å². The van der Waals surface area contributed by atoms with Gasteiger partial charge in [0.25, 0.3) is 0 Å². The highest BCUT2D eigenvalue weighted by atomic mass is 16.5. The molecule has 1 fully saturated rings. The van der Waals surface area contributed by atoms with E-state index in [4.69, 9.17) is 9.47 Å². The summed E-state index contributed by atoms with van der Waals surface area (Å²) in [6.07, 6.45) is 1.76. The second-order valence-corrected chi connectivity index (χ2v) is 8.95. The lowest BCUT2D eigenvalue weighted by atomic mass is 9.95. The largest absolute Gasteiger partial charge is 0.493 e. The van der Waals surface area contributed by atoms with Crippen molar-refractivity contribution in [1.82, 2.24) is 10.2 Å². The van der Waals surface area contributed by atoms with Gasteiger partial charge in [0.15, 0.2) is 11.5 Å². The zero-order valence-corrected chi connectivity index (χ0v) is 20.1. The number of likely N-dealkylation sites (tertiary alicyclic amines) is 1. The van der Waals surface area contributed by atoms with Crippen molar-refractivity contribution in [3.8, 4) is 11.5 Å². The molecule has 3 aromatic carbocycles. The molecule has 0 bridgehead atoms. The van der Waals surface area contributed by atoms with Gasteiger partial charge in [-0.2, -0.15) is 0 Å². The van der Waals surface area contributed by atoms with E-state index in [1.807, 2.05) is 61.5 Å². The van der Waals surface area contributed by atoms with Crippen LogP contribution in [-0.2, 0) is 17.9 Å². The highest BCUT2D eigenvalue weighted by Crippen LogP contribution is 2.30. The Hall–Kier alpha value is -3.31. The fraction of sp³-hybridized carbons (Fsp3) is 0.345. The molecule has 1 aliphatic rings. The van der Waals surface area contributed by atoms with Gasteiger partial charge < -0.3 is 14.8 Å². The van der Waals surface area contributed by atoms with E-state index in [1.165, 1.54) is 5.56 Å². The summed E-state index contributed by atoms with van der Waals surface area (Å²) < 4.78 is 11.6. The number of nitrogens with zero attached hydrogens (tertiary/aromatic N) is 1. The minimum atomic E-state index is 0.0295. The zero-order chi connectivity index (χ0) is 23.8. The number of nitrogens with one attached hydrogen (secondary N) is 1. The van der Waals surface area contributed by atoms with E-state index in [0.29, 0.717) is 6.61 Å². The Labute approximate surface area is 202 Å². The number of amides is 1. The average molecular weight is 459 g/mol. The third-order valence-electron chi connectivity index (χ3n) is 6.49. The summed E-state index contributed by atoms with van der Waals surface area (Å²) in [5, 5.41) is 3.19. The van der Waals surface area contributed by atoms with Gasteiger partial charge in [0.1, 0.15) is 6.61 Å². The van der Waals surface area contributed by atoms with Gasteiger partial charge in [0.05, 0.1) is 13.2 Å². The first-order chi connectivity index (χ1) is 16.6. The molecule has 0 spiro atoms. The Morgan fingerprint density at radius 1 is 0.941 bits per heavy atom. The highest BCUT2D eigenvalue weighted by molar-refractivity contribution is 5.79. The molecule has 1 amide bonds. The van der Waals surface area contributed by atoms with Crippen LogP contribution in [0, 0.1) is 5.92 Å². The van der Waals surface area contributed by atoms with Gasteiger partial charge in [-0.1, -0.05) is 66.7 Å². The third kappa shape index (κ3) is 6.39. The molecule has 0 aromatic heterocycles. The van der Waals surface area contributed by atoms with Crippen LogP contribution >= 0.6 is 0 Å². The summed E-state index contributed by atoms with van der Waals surface area (Å²) in [4.78, 5) is 15.2. The molecular formula is C29H34N2O3. The normalized spacial score (nSPS) is 15.5. The van der Waals surface area contributed by atoms with Crippen LogP contribution in [0.15, 0.2) is 78.9 Å². The van der Waals surface area contributed by atoms with E-state index >= 15 is 0 Å². The van der Waals surface area contributed by atoms with Crippen molar-refractivity contribution in [2.75, 3.05) is 20.2 Å². The summed E-state index contributed by atoms with van der Waals surface area (Å²) in [5.74, 6) is 1.74. The minimum absolute atomic E-state index is 0.0295. The van der Waals surface area contributed by atoms with Gasteiger partial charge >= 0.3 is 0 Å². The summed E-state index contributed by atoms with van der Waals surface area (Å²) in [6.45, 7) is 5.21. The Morgan fingerprint density at radius 3 is 2.29 bits per heavy atom. The number of ether oxygens (including phenoxy) is 2. The van der Waals surface area contributed by atoms with Crippen molar-refractivity contribution >= 4 is 5.91 Å². The summed E-state index contributed by atoms with van der Waals surface area (Å²) >= 11 is 0. The van der Waals surface area contributed by atoms with Gasteiger partial charge in [-0.15, -0.1) is 0 Å². The maximum Gasteiger partial charge on any atom is 0.223 e. The summed E-state index contributed by atoms with van der Waals surface area (Å²) in [7, 11) is 1.68. The van der Waals surface area contributed by atoms with Crippen LogP contribution < -0.4 is 14.8 Å². The van der Waals surface area contributed by atoms with E-state index in [2.05, 4.69) is 34.5 Å². The number of benzene rings is 3. The smallest absolute Gasteiger partial charge is 0.223 e. The number of hydrogen-bond donors (Lipinski definition) is 1. The molecule has 178 valence electrons. The molecule has 3 aromatic rings. The molecule has 34 heavy (non-hydrogen) atoms. The lowest BCUT2D eigenvalue weighted by Crippen LogP contribution is -2.40. The second-order valence-electron chi connectivity index (χ2n) is 8.95. The summed E-state index contributed by atoms with van der Waals surface area (Å²) in [5.41, 5.74) is 3.45. The van der Waals surface area contributed by atoms with E-state index in [-0.39, 0.29) is 17.9 Å². The van der Waals surface area contributed by atoms with Crippen LogP contribution in [0.1, 0.15) is 42.5 Å². The highest BCUT2D eigenvalue weighted by Gasteiger charge is 2.26. The van der Waals surface area contributed by atoms with Crippen LogP contribution in [-0.4, -0.2) is 31.0 Å². The molecule has 0 unspecified atom stereocenters. The molecule has 0 radical (unpaired) electrons. The quantitative estimate of drug-likeness (QED) is 0.469. The SMILES string of the molecule is COc1cc(CN2CCC(C(=O)N[C@H](C)c3ccccc3)CC2)ccc1OCc1ccccc1. The molecular weight excluding hydrogens is 424 g/mol. The lowest BCUT2D eigenvalue weighted by molar-refractivity contribution is -0.127. The predicted octanol–water partition coefficient (Wildman–Crippen LogP) is 5.36. The standard InChI is InChI=1S/C29H34N2O3/c1-22(25-11-7-4-8-12-25)30-29(32)26-15-17-31(18-16-26)20-24-13-14-27(28(19-24)33-2)34-21-23-9-5-3-6-10-23/h3-14,19,22,26H,15-18,20-21H2,1-2H3,(H,30,32)/t22-/m1/s1. The van der Waals surface area contributed by atoms with Crippen molar-refractivity contribution in [1.29, 1.82) is 0 Å². The van der Waals surface area contributed by atoms with Crippen molar-refractivity contribution < 1.29 is 14.3 Å². The van der Waals surface area contributed by atoms with Gasteiger partial charge in [-0.3, -0.25) is 9.69 Å². The second kappa shape index (κ2) is 11.7. The molecule has 4 rings (SSSR count). The van der Waals surface area contributed by atoms with Crippen LogP contribution in [0.25, 0.3) is 0 Å². The fourth-order valence-corrected chi connectivity index (χ4v) is 4.43. The number of rotatable bonds is 9. The van der Waals surface area contributed by atoms with Gasteiger partial charge in [0.2, 0.25) is 5.91 Å². The van der Waals surface area contributed by atoms with Crippen molar-refractivity contribution in [3.63, 3.8) is 0 Å². The Balaban J connectivity index is 1.26. The van der Waals surface area contributed by atoms with E-state index < -0.39 is 0 Å². The number of methoxy groups -OCH3 is 1. The van der Waals surface area contributed by atoms with Crippen LogP contribution in [0.5, 0.6) is 11.5 Å². The molecule has 1 saturated heterocycles. The molecule has 1 aliphatic heterocycles. The molecule has 5 nitrogen and oxygen atoms in total. The number of carbonyl (C=O) groups excluding carboxylic acids is 1. The Kier molecular flexibility index (Phi) is 8.21. The van der Waals surface area contributed by atoms with Crippen molar-refractivity contribution in [2.24, 2.45) is 5.92 Å². The number of piperidine rings is 1. The first-order valence-corrected chi connectivity index (χ1v) is 12.0. The van der Waals surface area contributed by atoms with E-state index in [1.54, 1.807) is 7.11 Å². The number of hydrogen-bond acceptors (Lipinski definition) is 4. The molecule has 5 heteroatoms. The molecule has 1 N–H and O–H groups in total. The average Bonchev–Trinajstić information content (AvgIpc) is 2.89. The van der Waals surface area contributed by atoms with Crippen molar-refractivity contribution in [3.05, 3.63) is 95.6 Å². The fourth-order valence-electron chi connectivity index (χ4n) is 4.43. The zero-order valence-electron chi connectivity index (χ0n) is 20.1. The maximum absolute atomic E-state index is 12.8. The molecule has 0 saturated carbocycles. The summed E-state index contributed by atoms with van der Waals surface area (Å²) in [6, 6.07) is 26.4. The van der Waals surface area contributed by atoms with Gasteiger partial charge in [-0.05, 0) is 61.7 Å². The van der Waals surface area contributed by atoms with E-state index in [9.17, 15) is 4.79 Å². The Bertz CT molecular complexity index is 1050. The van der Waals surface area contributed by atoms with Gasteiger partial charge in [0, 0.05) is 12.5 Å². The third-order valence-corrected chi connectivity index (χ3v) is 6.49. The monoisotopic (exact) mass is 458 g/mol. The first-order valence-electron chi connectivity index (χ1n) is 12.0. The Morgan fingerprint density at radius 2 is 1.62 bits per heavy atom. The number of carbonyl (C=O) groups is 1. The molecule has 0 aliphatic carbocycles. The minimum Gasteiger partial charge on any atom is -0.493 e. The lowest BCUT2D eigenvalue weighted by Gasteiger charge is -2.32.